The third-order valence-corrected chi connectivity index (χ3v) is 4.51. The van der Waals surface area contributed by atoms with Crippen molar-refractivity contribution in [1.29, 1.82) is 0 Å². The minimum atomic E-state index is 0.262. The SMILES string of the molecule is O=C(Cc1ccc[nH]1)N1CCC2(CCNC2)CC1. The summed E-state index contributed by atoms with van der Waals surface area (Å²) in [5.41, 5.74) is 1.51. The summed E-state index contributed by atoms with van der Waals surface area (Å²) in [5, 5.41) is 3.45. The molecule has 4 nitrogen and oxygen atoms in total. The van der Waals surface area contributed by atoms with Gasteiger partial charge in [-0.15, -0.1) is 0 Å². The van der Waals surface area contributed by atoms with Crippen molar-refractivity contribution in [1.82, 2.24) is 15.2 Å². The van der Waals surface area contributed by atoms with E-state index in [2.05, 4.69) is 10.3 Å². The Morgan fingerprint density at radius 1 is 1.33 bits per heavy atom. The van der Waals surface area contributed by atoms with Crippen molar-refractivity contribution < 1.29 is 4.79 Å². The van der Waals surface area contributed by atoms with Crippen molar-refractivity contribution >= 4 is 5.91 Å². The number of carbonyl (C=O) groups excluding carboxylic acids is 1. The van der Waals surface area contributed by atoms with Crippen molar-refractivity contribution in [2.45, 2.75) is 25.7 Å². The monoisotopic (exact) mass is 247 g/mol. The van der Waals surface area contributed by atoms with Gasteiger partial charge in [0.15, 0.2) is 0 Å². The molecule has 0 saturated carbocycles. The molecular weight excluding hydrogens is 226 g/mol. The molecule has 2 aliphatic rings. The van der Waals surface area contributed by atoms with Gasteiger partial charge in [0, 0.05) is 31.5 Å². The Morgan fingerprint density at radius 2 is 2.17 bits per heavy atom. The first kappa shape index (κ1) is 11.8. The second kappa shape index (κ2) is 4.76. The summed E-state index contributed by atoms with van der Waals surface area (Å²) >= 11 is 0. The molecule has 3 rings (SSSR count). The minimum absolute atomic E-state index is 0.262. The van der Waals surface area contributed by atoms with Crippen molar-refractivity contribution in [2.75, 3.05) is 26.2 Å². The molecular formula is C14H21N3O. The average molecular weight is 247 g/mol. The van der Waals surface area contributed by atoms with Crippen LogP contribution in [0, 0.1) is 5.41 Å². The van der Waals surface area contributed by atoms with Gasteiger partial charge in [0.2, 0.25) is 5.91 Å². The Morgan fingerprint density at radius 3 is 2.78 bits per heavy atom. The van der Waals surface area contributed by atoms with E-state index < -0.39 is 0 Å². The summed E-state index contributed by atoms with van der Waals surface area (Å²) in [6, 6.07) is 3.92. The lowest BCUT2D eigenvalue weighted by atomic mass is 9.78. The van der Waals surface area contributed by atoms with E-state index in [0.717, 1.165) is 44.7 Å². The van der Waals surface area contributed by atoms with Gasteiger partial charge in [-0.2, -0.15) is 0 Å². The molecule has 2 fully saturated rings. The molecule has 98 valence electrons. The number of nitrogens with zero attached hydrogens (tertiary/aromatic N) is 1. The highest BCUT2D eigenvalue weighted by Crippen LogP contribution is 2.36. The maximum absolute atomic E-state index is 12.2. The number of hydrogen-bond acceptors (Lipinski definition) is 2. The molecule has 1 amide bonds. The van der Waals surface area contributed by atoms with Crippen LogP contribution in [0.15, 0.2) is 18.3 Å². The third kappa shape index (κ3) is 2.29. The van der Waals surface area contributed by atoms with Gasteiger partial charge in [-0.1, -0.05) is 0 Å². The highest BCUT2D eigenvalue weighted by molar-refractivity contribution is 5.78. The Kier molecular flexibility index (Phi) is 3.12. The Hall–Kier alpha value is -1.29. The first-order chi connectivity index (χ1) is 8.77. The van der Waals surface area contributed by atoms with Gasteiger partial charge in [-0.05, 0) is 43.4 Å². The molecule has 1 aromatic heterocycles. The van der Waals surface area contributed by atoms with Gasteiger partial charge in [0.1, 0.15) is 0 Å². The molecule has 0 atom stereocenters. The standard InChI is InChI=1S/C14H21N3O/c18-13(10-12-2-1-6-16-12)17-8-4-14(5-9-17)3-7-15-11-14/h1-2,6,15-16H,3-5,7-11H2. The van der Waals surface area contributed by atoms with Crippen molar-refractivity contribution in [3.63, 3.8) is 0 Å². The van der Waals surface area contributed by atoms with Crippen molar-refractivity contribution in [3.8, 4) is 0 Å². The molecule has 4 heteroatoms. The van der Waals surface area contributed by atoms with E-state index in [-0.39, 0.29) is 5.91 Å². The van der Waals surface area contributed by atoms with E-state index in [1.54, 1.807) is 0 Å². The quantitative estimate of drug-likeness (QED) is 0.824. The number of nitrogens with one attached hydrogen (secondary N) is 2. The fourth-order valence-electron chi connectivity index (χ4n) is 3.20. The Bertz CT molecular complexity index is 397. The van der Waals surface area contributed by atoms with Gasteiger partial charge in [-0.25, -0.2) is 0 Å². The van der Waals surface area contributed by atoms with Gasteiger partial charge in [0.05, 0.1) is 6.42 Å². The van der Waals surface area contributed by atoms with Crippen LogP contribution >= 0.6 is 0 Å². The maximum atomic E-state index is 12.2. The van der Waals surface area contributed by atoms with Gasteiger partial charge in [-0.3, -0.25) is 4.79 Å². The number of aromatic amines is 1. The van der Waals surface area contributed by atoms with Crippen molar-refractivity contribution in [2.24, 2.45) is 5.41 Å². The zero-order valence-electron chi connectivity index (χ0n) is 10.7. The van der Waals surface area contributed by atoms with Crippen LogP contribution in [0.4, 0.5) is 0 Å². The number of aromatic nitrogens is 1. The molecule has 0 aliphatic carbocycles. The van der Waals surface area contributed by atoms with Gasteiger partial charge < -0.3 is 15.2 Å². The number of amides is 1. The molecule has 0 unspecified atom stereocenters. The third-order valence-electron chi connectivity index (χ3n) is 4.51. The number of carbonyl (C=O) groups is 1. The molecule has 1 aromatic rings. The van der Waals surface area contributed by atoms with E-state index in [1.807, 2.05) is 23.2 Å². The zero-order chi connectivity index (χ0) is 12.4. The van der Waals surface area contributed by atoms with E-state index in [0.29, 0.717) is 11.8 Å². The van der Waals surface area contributed by atoms with E-state index in [9.17, 15) is 4.79 Å². The number of likely N-dealkylation sites (tertiary alicyclic amines) is 1. The topological polar surface area (TPSA) is 48.1 Å². The lowest BCUT2D eigenvalue weighted by Gasteiger charge is -2.38. The second-order valence-corrected chi connectivity index (χ2v) is 5.68. The highest BCUT2D eigenvalue weighted by atomic mass is 16.2. The maximum Gasteiger partial charge on any atom is 0.228 e. The molecule has 0 bridgehead atoms. The lowest BCUT2D eigenvalue weighted by Crippen LogP contribution is -2.44. The number of H-pyrrole nitrogens is 1. The van der Waals surface area contributed by atoms with Crippen LogP contribution in [0.1, 0.15) is 25.0 Å². The summed E-state index contributed by atoms with van der Waals surface area (Å²) in [5.74, 6) is 0.262. The number of piperidine rings is 1. The molecule has 0 aromatic carbocycles. The Balaban J connectivity index is 1.54. The summed E-state index contributed by atoms with van der Waals surface area (Å²) in [6.07, 6.45) is 5.99. The molecule has 0 radical (unpaired) electrons. The van der Waals surface area contributed by atoms with Crippen LogP contribution in [0.2, 0.25) is 0 Å². The molecule has 18 heavy (non-hydrogen) atoms. The minimum Gasteiger partial charge on any atom is -0.365 e. The predicted octanol–water partition coefficient (Wildman–Crippen LogP) is 1.16. The van der Waals surface area contributed by atoms with Crippen LogP contribution in [0.3, 0.4) is 0 Å². The normalized spacial score (nSPS) is 22.6. The molecule has 1 spiro atoms. The molecule has 2 saturated heterocycles. The summed E-state index contributed by atoms with van der Waals surface area (Å²) in [7, 11) is 0. The fourth-order valence-corrected chi connectivity index (χ4v) is 3.20. The highest BCUT2D eigenvalue weighted by Gasteiger charge is 2.37. The molecule has 3 heterocycles. The van der Waals surface area contributed by atoms with E-state index in [1.165, 1.54) is 6.42 Å². The summed E-state index contributed by atoms with van der Waals surface area (Å²) in [4.78, 5) is 17.3. The van der Waals surface area contributed by atoms with Gasteiger partial charge in [0.25, 0.3) is 0 Å². The van der Waals surface area contributed by atoms with E-state index in [4.69, 9.17) is 0 Å². The van der Waals surface area contributed by atoms with Crippen LogP contribution < -0.4 is 5.32 Å². The van der Waals surface area contributed by atoms with Crippen LogP contribution in [0.5, 0.6) is 0 Å². The largest absolute Gasteiger partial charge is 0.365 e. The average Bonchev–Trinajstić information content (AvgIpc) is 3.03. The zero-order valence-corrected chi connectivity index (χ0v) is 10.7. The van der Waals surface area contributed by atoms with Crippen LogP contribution in [-0.2, 0) is 11.2 Å². The van der Waals surface area contributed by atoms with Crippen LogP contribution in [-0.4, -0.2) is 42.0 Å². The number of hydrogen-bond donors (Lipinski definition) is 2. The summed E-state index contributed by atoms with van der Waals surface area (Å²) in [6.45, 7) is 4.16. The predicted molar refractivity (Wildman–Crippen MR) is 70.2 cm³/mol. The fraction of sp³-hybridized carbons (Fsp3) is 0.643. The Labute approximate surface area is 108 Å². The number of rotatable bonds is 2. The summed E-state index contributed by atoms with van der Waals surface area (Å²) < 4.78 is 0. The van der Waals surface area contributed by atoms with Crippen LogP contribution in [0.25, 0.3) is 0 Å². The molecule has 2 aliphatic heterocycles. The van der Waals surface area contributed by atoms with Crippen molar-refractivity contribution in [3.05, 3.63) is 24.0 Å². The first-order valence-corrected chi connectivity index (χ1v) is 6.88. The van der Waals surface area contributed by atoms with E-state index >= 15 is 0 Å². The smallest absolute Gasteiger partial charge is 0.228 e. The molecule has 2 N–H and O–H groups in total. The van der Waals surface area contributed by atoms with Gasteiger partial charge >= 0.3 is 0 Å². The lowest BCUT2D eigenvalue weighted by molar-refractivity contribution is -0.132. The first-order valence-electron chi connectivity index (χ1n) is 6.88. The second-order valence-electron chi connectivity index (χ2n) is 5.68.